The summed E-state index contributed by atoms with van der Waals surface area (Å²) < 4.78 is 5.52. The van der Waals surface area contributed by atoms with Crippen LogP contribution in [0.2, 0.25) is 0 Å². The Morgan fingerprint density at radius 2 is 1.78 bits per heavy atom. The molecule has 2 N–H and O–H groups in total. The number of alkyl carbamates (subject to hydrolysis) is 1. The van der Waals surface area contributed by atoms with Crippen molar-refractivity contribution in [2.24, 2.45) is 0 Å². The number of ether oxygens (including phenoxy) is 1. The molecule has 1 aromatic heterocycles. The van der Waals surface area contributed by atoms with Crippen LogP contribution in [-0.2, 0) is 11.3 Å². The van der Waals surface area contributed by atoms with Crippen molar-refractivity contribution in [2.45, 2.75) is 25.5 Å². The number of aliphatic hydroxyl groups excluding tert-OH is 1. The van der Waals surface area contributed by atoms with Crippen LogP contribution in [0, 0.1) is 0 Å². The maximum absolute atomic E-state index is 12.3. The fourth-order valence-corrected chi connectivity index (χ4v) is 4.09. The number of carbonyl (C=O) groups excluding carboxylic acids is 1. The summed E-state index contributed by atoms with van der Waals surface area (Å²) in [5, 5.41) is 20.8. The molecule has 1 heterocycles. The molecule has 0 spiro atoms. The van der Waals surface area contributed by atoms with E-state index in [0.717, 1.165) is 0 Å². The third-order valence-corrected chi connectivity index (χ3v) is 5.76. The van der Waals surface area contributed by atoms with Gasteiger partial charge in [0.15, 0.2) is 0 Å². The summed E-state index contributed by atoms with van der Waals surface area (Å²) in [6, 6.07) is 16.1. The summed E-state index contributed by atoms with van der Waals surface area (Å²) in [5.74, 6) is 0.0287. The zero-order valence-electron chi connectivity index (χ0n) is 14.8. The lowest BCUT2D eigenvalue weighted by Gasteiger charge is -2.16. The fraction of sp³-hybridized carbons (Fsp3) is 0.250. The molecule has 0 fully saturated rings. The van der Waals surface area contributed by atoms with Gasteiger partial charge in [-0.25, -0.2) is 4.79 Å². The van der Waals surface area contributed by atoms with E-state index in [1.54, 1.807) is 0 Å². The molecule has 1 aliphatic carbocycles. The molecule has 6 nitrogen and oxygen atoms in total. The molecule has 4 rings (SSSR count). The molecule has 1 aliphatic rings. The molecule has 0 radical (unpaired) electrons. The number of fused-ring (bicyclic) bond motifs is 3. The summed E-state index contributed by atoms with van der Waals surface area (Å²) in [5.41, 5.74) is 4.74. The fourth-order valence-electron chi connectivity index (χ4n) is 3.38. The van der Waals surface area contributed by atoms with E-state index in [4.69, 9.17) is 9.84 Å². The van der Waals surface area contributed by atoms with Gasteiger partial charge < -0.3 is 15.2 Å². The SMILES string of the molecule is CC(NC(=O)OCC1c2ccccc2-c2ccccc21)c1nnc(CO)s1. The molecule has 1 atom stereocenters. The third kappa shape index (κ3) is 3.43. The summed E-state index contributed by atoms with van der Waals surface area (Å²) in [4.78, 5) is 12.3. The van der Waals surface area contributed by atoms with Crippen LogP contribution in [-0.4, -0.2) is 28.0 Å². The highest BCUT2D eigenvalue weighted by atomic mass is 32.1. The van der Waals surface area contributed by atoms with Gasteiger partial charge in [-0.2, -0.15) is 0 Å². The molecular formula is C20H19N3O3S. The average Bonchev–Trinajstić information content (AvgIpc) is 3.29. The van der Waals surface area contributed by atoms with Gasteiger partial charge >= 0.3 is 6.09 Å². The van der Waals surface area contributed by atoms with Gasteiger partial charge in [0.25, 0.3) is 0 Å². The van der Waals surface area contributed by atoms with Gasteiger partial charge in [0.1, 0.15) is 16.6 Å². The van der Waals surface area contributed by atoms with E-state index < -0.39 is 6.09 Å². The first-order chi connectivity index (χ1) is 13.2. The van der Waals surface area contributed by atoms with Gasteiger partial charge in [-0.15, -0.1) is 10.2 Å². The molecule has 0 aliphatic heterocycles. The van der Waals surface area contributed by atoms with E-state index in [-0.39, 0.29) is 25.2 Å². The Labute approximate surface area is 160 Å². The molecule has 3 aromatic rings. The highest BCUT2D eigenvalue weighted by Crippen LogP contribution is 2.44. The zero-order valence-corrected chi connectivity index (χ0v) is 15.6. The number of benzene rings is 2. The van der Waals surface area contributed by atoms with Crippen LogP contribution >= 0.6 is 11.3 Å². The Hall–Kier alpha value is -2.77. The first-order valence-electron chi connectivity index (χ1n) is 8.72. The molecule has 2 aromatic carbocycles. The van der Waals surface area contributed by atoms with E-state index in [1.165, 1.54) is 33.6 Å². The smallest absolute Gasteiger partial charge is 0.407 e. The van der Waals surface area contributed by atoms with E-state index in [1.807, 2.05) is 31.2 Å². The summed E-state index contributed by atoms with van der Waals surface area (Å²) >= 11 is 1.27. The minimum absolute atomic E-state index is 0.0287. The van der Waals surface area contributed by atoms with E-state index >= 15 is 0 Å². The zero-order chi connectivity index (χ0) is 18.8. The number of nitrogens with zero attached hydrogens (tertiary/aromatic N) is 2. The van der Waals surface area contributed by atoms with Crippen LogP contribution in [0.15, 0.2) is 48.5 Å². The number of carbonyl (C=O) groups is 1. The summed E-state index contributed by atoms with van der Waals surface area (Å²) in [6.45, 7) is 1.92. The highest BCUT2D eigenvalue weighted by Gasteiger charge is 2.29. The topological polar surface area (TPSA) is 84.3 Å². The molecule has 0 saturated carbocycles. The predicted molar refractivity (Wildman–Crippen MR) is 102 cm³/mol. The minimum atomic E-state index is -0.495. The van der Waals surface area contributed by atoms with E-state index in [2.05, 4.69) is 39.8 Å². The lowest BCUT2D eigenvalue weighted by atomic mass is 9.98. The molecular weight excluding hydrogens is 362 g/mol. The van der Waals surface area contributed by atoms with Crippen molar-refractivity contribution in [3.05, 3.63) is 69.7 Å². The van der Waals surface area contributed by atoms with Crippen molar-refractivity contribution in [3.8, 4) is 11.1 Å². The normalized spacial score (nSPS) is 13.7. The van der Waals surface area contributed by atoms with Crippen molar-refractivity contribution in [1.29, 1.82) is 0 Å². The van der Waals surface area contributed by atoms with E-state index in [9.17, 15) is 4.79 Å². The van der Waals surface area contributed by atoms with Gasteiger partial charge in [-0.3, -0.25) is 0 Å². The lowest BCUT2D eigenvalue weighted by molar-refractivity contribution is 0.139. The minimum Gasteiger partial charge on any atom is -0.449 e. The molecule has 138 valence electrons. The molecule has 1 unspecified atom stereocenters. The van der Waals surface area contributed by atoms with Crippen LogP contribution in [0.25, 0.3) is 11.1 Å². The first-order valence-corrected chi connectivity index (χ1v) is 9.53. The summed E-state index contributed by atoms with van der Waals surface area (Å²) in [7, 11) is 0. The van der Waals surface area contributed by atoms with Gasteiger partial charge in [-0.1, -0.05) is 59.9 Å². The van der Waals surface area contributed by atoms with Crippen LogP contribution in [0.5, 0.6) is 0 Å². The van der Waals surface area contributed by atoms with E-state index in [0.29, 0.717) is 10.0 Å². The monoisotopic (exact) mass is 381 g/mol. The molecule has 27 heavy (non-hydrogen) atoms. The number of aromatic nitrogens is 2. The third-order valence-electron chi connectivity index (χ3n) is 4.67. The summed E-state index contributed by atoms with van der Waals surface area (Å²) in [6.07, 6.45) is -0.495. The number of hydrogen-bond donors (Lipinski definition) is 2. The quantitative estimate of drug-likeness (QED) is 0.705. The van der Waals surface area contributed by atoms with Crippen molar-refractivity contribution in [3.63, 3.8) is 0 Å². The van der Waals surface area contributed by atoms with Crippen LogP contribution in [0.4, 0.5) is 4.79 Å². The number of amides is 1. The number of nitrogens with one attached hydrogen (secondary N) is 1. The first kappa shape index (κ1) is 17.6. The van der Waals surface area contributed by atoms with Crippen LogP contribution < -0.4 is 5.32 Å². The largest absolute Gasteiger partial charge is 0.449 e. The average molecular weight is 381 g/mol. The van der Waals surface area contributed by atoms with Crippen molar-refractivity contribution in [1.82, 2.24) is 15.5 Å². The Morgan fingerprint density at radius 3 is 2.37 bits per heavy atom. The maximum atomic E-state index is 12.3. The Balaban J connectivity index is 1.43. The number of hydrogen-bond acceptors (Lipinski definition) is 6. The second kappa shape index (κ2) is 7.46. The van der Waals surface area contributed by atoms with Gasteiger partial charge in [-0.05, 0) is 29.2 Å². The number of aliphatic hydroxyl groups is 1. The van der Waals surface area contributed by atoms with Gasteiger partial charge in [0.2, 0.25) is 0 Å². The predicted octanol–water partition coefficient (Wildman–Crippen LogP) is 3.63. The molecule has 1 amide bonds. The Kier molecular flexibility index (Phi) is 4.87. The standard InChI is InChI=1S/C20H19N3O3S/c1-12(19-23-22-18(10-24)27-19)21-20(25)26-11-17-15-8-4-2-6-13(15)14-7-3-5-9-16(14)17/h2-9,12,17,24H,10-11H2,1H3,(H,21,25). The van der Waals surface area contributed by atoms with Crippen LogP contribution in [0.1, 0.15) is 40.0 Å². The second-order valence-corrected chi connectivity index (χ2v) is 7.48. The highest BCUT2D eigenvalue weighted by molar-refractivity contribution is 7.11. The number of rotatable bonds is 5. The molecule has 0 bridgehead atoms. The molecule has 0 saturated heterocycles. The maximum Gasteiger partial charge on any atom is 0.407 e. The van der Waals surface area contributed by atoms with Gasteiger partial charge in [0, 0.05) is 5.92 Å². The molecule has 7 heteroatoms. The van der Waals surface area contributed by atoms with Crippen molar-refractivity contribution in [2.75, 3.05) is 6.61 Å². The van der Waals surface area contributed by atoms with Crippen molar-refractivity contribution < 1.29 is 14.6 Å². The second-order valence-electron chi connectivity index (χ2n) is 6.38. The van der Waals surface area contributed by atoms with Crippen molar-refractivity contribution >= 4 is 17.4 Å². The van der Waals surface area contributed by atoms with Gasteiger partial charge in [0.05, 0.1) is 12.6 Å². The Morgan fingerprint density at radius 1 is 1.15 bits per heavy atom. The Bertz CT molecular complexity index is 927. The van der Waals surface area contributed by atoms with Crippen LogP contribution in [0.3, 0.4) is 0 Å². The lowest BCUT2D eigenvalue weighted by Crippen LogP contribution is -2.28.